The van der Waals surface area contributed by atoms with Crippen molar-refractivity contribution in [1.82, 2.24) is 10.6 Å². The normalized spacial score (nSPS) is 11.6. The first-order valence-corrected chi connectivity index (χ1v) is 7.46. The minimum atomic E-state index is -0.499. The van der Waals surface area contributed by atoms with Crippen LogP contribution in [0.15, 0.2) is 24.3 Å². The summed E-state index contributed by atoms with van der Waals surface area (Å²) in [7, 11) is 1.33. The number of carbonyl (C=O) groups excluding carboxylic acids is 2. The van der Waals surface area contributed by atoms with Gasteiger partial charge in [-0.2, -0.15) is 0 Å². The highest BCUT2D eigenvalue weighted by Crippen LogP contribution is 2.19. The van der Waals surface area contributed by atoms with Crippen molar-refractivity contribution in [3.8, 4) is 5.75 Å². The maximum Gasteiger partial charge on any atom is 0.413 e. The van der Waals surface area contributed by atoms with Gasteiger partial charge in [0.1, 0.15) is 5.75 Å². The van der Waals surface area contributed by atoms with Crippen LogP contribution in [0.4, 0.5) is 9.59 Å². The lowest BCUT2D eigenvalue weighted by Crippen LogP contribution is -2.45. The van der Waals surface area contributed by atoms with E-state index in [-0.39, 0.29) is 5.54 Å². The van der Waals surface area contributed by atoms with Gasteiger partial charge in [-0.3, -0.25) is 0 Å². The van der Waals surface area contributed by atoms with Gasteiger partial charge in [0.2, 0.25) is 0 Å². The SMILES string of the molecule is COC(=O)NC(C)(C)Cc1cccc(OC(=O)NC(C)(C)C)c1. The van der Waals surface area contributed by atoms with Crippen LogP contribution in [-0.4, -0.2) is 30.4 Å². The van der Waals surface area contributed by atoms with E-state index < -0.39 is 17.7 Å². The Morgan fingerprint density at radius 3 is 2.26 bits per heavy atom. The maximum atomic E-state index is 11.8. The topological polar surface area (TPSA) is 76.7 Å². The summed E-state index contributed by atoms with van der Waals surface area (Å²) in [6, 6.07) is 7.22. The Bertz CT molecular complexity index is 562. The van der Waals surface area contributed by atoms with Crippen LogP contribution >= 0.6 is 0 Å². The monoisotopic (exact) mass is 322 g/mol. The molecule has 0 aliphatic heterocycles. The number of methoxy groups -OCH3 is 1. The Morgan fingerprint density at radius 1 is 1.04 bits per heavy atom. The lowest BCUT2D eigenvalue weighted by molar-refractivity contribution is 0.159. The van der Waals surface area contributed by atoms with Crippen molar-refractivity contribution in [3.63, 3.8) is 0 Å². The fraction of sp³-hybridized carbons (Fsp3) is 0.529. The number of rotatable bonds is 4. The van der Waals surface area contributed by atoms with Crippen LogP contribution in [0.5, 0.6) is 5.75 Å². The third-order valence-electron chi connectivity index (χ3n) is 2.86. The molecule has 6 heteroatoms. The molecule has 0 heterocycles. The van der Waals surface area contributed by atoms with Crippen LogP contribution in [0.2, 0.25) is 0 Å². The van der Waals surface area contributed by atoms with Gasteiger partial charge in [0.15, 0.2) is 0 Å². The van der Waals surface area contributed by atoms with Crippen molar-refractivity contribution in [1.29, 1.82) is 0 Å². The number of nitrogens with one attached hydrogen (secondary N) is 2. The summed E-state index contributed by atoms with van der Waals surface area (Å²) >= 11 is 0. The van der Waals surface area contributed by atoms with Crippen molar-refractivity contribution >= 4 is 12.2 Å². The van der Waals surface area contributed by atoms with E-state index in [1.54, 1.807) is 12.1 Å². The molecule has 1 aromatic carbocycles. The van der Waals surface area contributed by atoms with Gasteiger partial charge in [-0.25, -0.2) is 9.59 Å². The molecule has 1 aromatic rings. The number of alkyl carbamates (subject to hydrolysis) is 1. The number of carbonyl (C=O) groups is 2. The number of hydrogen-bond acceptors (Lipinski definition) is 4. The summed E-state index contributed by atoms with van der Waals surface area (Å²) in [6.45, 7) is 9.43. The van der Waals surface area contributed by atoms with Crippen LogP contribution in [0.25, 0.3) is 0 Å². The molecule has 0 bridgehead atoms. The van der Waals surface area contributed by atoms with E-state index in [1.807, 2.05) is 46.8 Å². The molecule has 2 amide bonds. The van der Waals surface area contributed by atoms with Gasteiger partial charge in [0.25, 0.3) is 0 Å². The van der Waals surface area contributed by atoms with Crippen molar-refractivity contribution in [2.45, 2.75) is 52.1 Å². The molecule has 0 spiro atoms. The van der Waals surface area contributed by atoms with Gasteiger partial charge >= 0.3 is 12.2 Å². The van der Waals surface area contributed by atoms with E-state index in [0.29, 0.717) is 12.2 Å². The first kappa shape index (κ1) is 18.8. The Labute approximate surface area is 137 Å². The lowest BCUT2D eigenvalue weighted by atomic mass is 9.95. The highest BCUT2D eigenvalue weighted by Gasteiger charge is 2.22. The second-order valence-electron chi connectivity index (χ2n) is 7.09. The molecule has 0 saturated carbocycles. The van der Waals surface area contributed by atoms with Crippen molar-refractivity contribution in [2.24, 2.45) is 0 Å². The zero-order valence-electron chi connectivity index (χ0n) is 14.6. The molecule has 0 aromatic heterocycles. The first-order valence-electron chi connectivity index (χ1n) is 7.46. The maximum absolute atomic E-state index is 11.8. The zero-order valence-corrected chi connectivity index (χ0v) is 14.6. The van der Waals surface area contributed by atoms with E-state index in [9.17, 15) is 9.59 Å². The summed E-state index contributed by atoms with van der Waals surface area (Å²) in [4.78, 5) is 23.2. The number of benzene rings is 1. The number of ether oxygens (including phenoxy) is 2. The average Bonchev–Trinajstić information content (AvgIpc) is 2.35. The smallest absolute Gasteiger partial charge is 0.413 e. The Kier molecular flexibility index (Phi) is 6.01. The zero-order chi connectivity index (χ0) is 17.7. The van der Waals surface area contributed by atoms with Crippen LogP contribution < -0.4 is 15.4 Å². The molecule has 0 fully saturated rings. The molecule has 0 atom stereocenters. The summed E-state index contributed by atoms with van der Waals surface area (Å²) in [5, 5.41) is 5.50. The molecule has 2 N–H and O–H groups in total. The third-order valence-corrected chi connectivity index (χ3v) is 2.86. The molecule has 0 saturated heterocycles. The minimum Gasteiger partial charge on any atom is -0.453 e. The lowest BCUT2D eigenvalue weighted by Gasteiger charge is -2.25. The van der Waals surface area contributed by atoms with Crippen LogP contribution in [0.1, 0.15) is 40.2 Å². The molecule has 23 heavy (non-hydrogen) atoms. The molecule has 0 radical (unpaired) electrons. The van der Waals surface area contributed by atoms with Gasteiger partial charge in [-0.1, -0.05) is 12.1 Å². The predicted molar refractivity (Wildman–Crippen MR) is 88.7 cm³/mol. The first-order chi connectivity index (χ1) is 10.5. The molecule has 0 aliphatic carbocycles. The average molecular weight is 322 g/mol. The minimum absolute atomic E-state index is 0.360. The van der Waals surface area contributed by atoms with Gasteiger partial charge in [0, 0.05) is 11.1 Å². The van der Waals surface area contributed by atoms with E-state index in [1.165, 1.54) is 7.11 Å². The van der Waals surface area contributed by atoms with Crippen molar-refractivity contribution in [2.75, 3.05) is 7.11 Å². The summed E-state index contributed by atoms with van der Waals surface area (Å²) < 4.78 is 9.90. The predicted octanol–water partition coefficient (Wildman–Crippen LogP) is 3.25. The summed E-state index contributed by atoms with van der Waals surface area (Å²) in [5.41, 5.74) is 0.0907. The second kappa shape index (κ2) is 7.35. The molecule has 6 nitrogen and oxygen atoms in total. The van der Waals surface area contributed by atoms with E-state index in [4.69, 9.17) is 4.74 Å². The van der Waals surface area contributed by atoms with Crippen LogP contribution in [0, 0.1) is 0 Å². The van der Waals surface area contributed by atoms with E-state index >= 15 is 0 Å². The Hall–Kier alpha value is -2.24. The Morgan fingerprint density at radius 2 is 1.70 bits per heavy atom. The molecular formula is C17H26N2O4. The largest absolute Gasteiger partial charge is 0.453 e. The van der Waals surface area contributed by atoms with E-state index in [0.717, 1.165) is 5.56 Å². The number of hydrogen-bond donors (Lipinski definition) is 2. The van der Waals surface area contributed by atoms with E-state index in [2.05, 4.69) is 15.4 Å². The van der Waals surface area contributed by atoms with Gasteiger partial charge in [0.05, 0.1) is 7.11 Å². The summed E-state index contributed by atoms with van der Waals surface area (Å²) in [6.07, 6.45) is -0.409. The highest BCUT2D eigenvalue weighted by atomic mass is 16.6. The molecule has 1 rings (SSSR count). The molecule has 0 unspecified atom stereocenters. The third kappa shape index (κ3) is 7.54. The van der Waals surface area contributed by atoms with Gasteiger partial charge in [-0.05, 0) is 58.7 Å². The van der Waals surface area contributed by atoms with Crippen LogP contribution in [0.3, 0.4) is 0 Å². The second-order valence-corrected chi connectivity index (χ2v) is 7.09. The molecule has 128 valence electrons. The quantitative estimate of drug-likeness (QED) is 0.892. The van der Waals surface area contributed by atoms with Crippen molar-refractivity contribution < 1.29 is 19.1 Å². The number of amides is 2. The van der Waals surface area contributed by atoms with Crippen molar-refractivity contribution in [3.05, 3.63) is 29.8 Å². The highest BCUT2D eigenvalue weighted by molar-refractivity contribution is 5.71. The molecule has 0 aliphatic rings. The Balaban J connectivity index is 2.73. The fourth-order valence-electron chi connectivity index (χ4n) is 2.04. The molecular weight excluding hydrogens is 296 g/mol. The summed E-state index contributed by atoms with van der Waals surface area (Å²) in [5.74, 6) is 0.457. The van der Waals surface area contributed by atoms with Crippen LogP contribution in [-0.2, 0) is 11.2 Å². The van der Waals surface area contributed by atoms with Gasteiger partial charge < -0.3 is 20.1 Å². The van der Waals surface area contributed by atoms with Gasteiger partial charge in [-0.15, -0.1) is 0 Å². The fourth-order valence-corrected chi connectivity index (χ4v) is 2.04. The standard InChI is InChI=1S/C17H26N2O4/c1-16(2,3)18-15(21)23-13-9-7-8-12(10-13)11-17(4,5)19-14(20)22-6/h7-10H,11H2,1-6H3,(H,18,21)(H,19,20).